The number of benzene rings is 2. The first kappa shape index (κ1) is 20.9. The predicted molar refractivity (Wildman–Crippen MR) is 121 cm³/mol. The average Bonchev–Trinajstić information content (AvgIpc) is 3.21. The first-order valence-electron chi connectivity index (χ1n) is 10.6. The maximum atomic E-state index is 12.9. The third-order valence-corrected chi connectivity index (χ3v) is 5.41. The van der Waals surface area contributed by atoms with E-state index in [1.165, 1.54) is 4.90 Å². The number of hydrogen-bond donors (Lipinski definition) is 1. The quantitative estimate of drug-likeness (QED) is 0.657. The van der Waals surface area contributed by atoms with Gasteiger partial charge in [-0.25, -0.2) is 0 Å². The monoisotopic (exact) mass is 421 g/mol. The molecule has 7 heteroatoms. The van der Waals surface area contributed by atoms with Gasteiger partial charge in [-0.05, 0) is 56.3 Å². The molecule has 4 rings (SSSR count). The van der Waals surface area contributed by atoms with Crippen molar-refractivity contribution in [2.75, 3.05) is 49.6 Å². The van der Waals surface area contributed by atoms with Gasteiger partial charge in [-0.2, -0.15) is 0 Å². The van der Waals surface area contributed by atoms with Gasteiger partial charge in [0.1, 0.15) is 12.1 Å². The molecule has 0 saturated carbocycles. The summed E-state index contributed by atoms with van der Waals surface area (Å²) in [5, 5.41) is 3.75. The summed E-state index contributed by atoms with van der Waals surface area (Å²) in [6.45, 7) is 7.36. The van der Waals surface area contributed by atoms with Crippen molar-refractivity contribution in [1.82, 2.24) is 4.90 Å². The van der Waals surface area contributed by atoms with E-state index in [2.05, 4.69) is 10.2 Å². The molecule has 0 radical (unpaired) electrons. The van der Waals surface area contributed by atoms with Crippen molar-refractivity contribution in [3.63, 3.8) is 0 Å². The van der Waals surface area contributed by atoms with Gasteiger partial charge in [0.05, 0.1) is 13.2 Å². The van der Waals surface area contributed by atoms with Crippen molar-refractivity contribution in [3.8, 4) is 0 Å². The highest BCUT2D eigenvalue weighted by atomic mass is 16.5. The number of morpholine rings is 1. The third-order valence-electron chi connectivity index (χ3n) is 5.41. The molecule has 1 aliphatic rings. The maximum Gasteiger partial charge on any atom is 0.290 e. The van der Waals surface area contributed by atoms with E-state index in [9.17, 15) is 9.59 Å². The molecule has 1 aromatic heterocycles. The topological polar surface area (TPSA) is 75.0 Å². The lowest BCUT2D eigenvalue weighted by molar-refractivity contribution is -0.116. The number of fused-ring (bicyclic) bond motifs is 1. The standard InChI is InChI=1S/C24H27N3O4/c1-3-26(24(29)22-15-18-14-17(2)4-9-21(18)31-22)16-23(28)25-19-5-7-20(8-6-19)27-10-12-30-13-11-27/h4-9,14-15H,3,10-13,16H2,1-2H3,(H,25,28). The van der Waals surface area contributed by atoms with Crippen LogP contribution < -0.4 is 10.2 Å². The van der Waals surface area contributed by atoms with E-state index in [-0.39, 0.29) is 24.1 Å². The van der Waals surface area contributed by atoms with Crippen LogP contribution in [0.1, 0.15) is 23.0 Å². The number of carbonyl (C=O) groups is 2. The number of nitrogens with zero attached hydrogens (tertiary/aromatic N) is 2. The molecule has 1 N–H and O–H groups in total. The normalized spacial score (nSPS) is 13.9. The molecule has 0 unspecified atom stereocenters. The molecule has 1 fully saturated rings. The van der Waals surface area contributed by atoms with E-state index in [1.54, 1.807) is 6.07 Å². The van der Waals surface area contributed by atoms with Crippen molar-refractivity contribution >= 4 is 34.2 Å². The number of aryl methyl sites for hydroxylation is 1. The number of furan rings is 1. The number of rotatable bonds is 6. The van der Waals surface area contributed by atoms with Gasteiger partial charge in [-0.1, -0.05) is 11.6 Å². The van der Waals surface area contributed by atoms with Crippen LogP contribution in [-0.4, -0.2) is 56.1 Å². The van der Waals surface area contributed by atoms with Crippen LogP contribution in [0.3, 0.4) is 0 Å². The molecule has 31 heavy (non-hydrogen) atoms. The molecule has 0 aliphatic carbocycles. The van der Waals surface area contributed by atoms with Gasteiger partial charge < -0.3 is 24.3 Å². The molecule has 2 aromatic carbocycles. The summed E-state index contributed by atoms with van der Waals surface area (Å²) >= 11 is 0. The molecule has 0 bridgehead atoms. The minimum absolute atomic E-state index is 0.0450. The van der Waals surface area contributed by atoms with Crippen LogP contribution in [0.5, 0.6) is 0 Å². The third kappa shape index (κ3) is 4.88. The minimum Gasteiger partial charge on any atom is -0.451 e. The molecule has 3 aromatic rings. The summed E-state index contributed by atoms with van der Waals surface area (Å²) in [5.74, 6) is -0.305. The zero-order valence-electron chi connectivity index (χ0n) is 17.9. The number of carbonyl (C=O) groups excluding carboxylic acids is 2. The van der Waals surface area contributed by atoms with E-state index in [1.807, 2.05) is 56.3 Å². The van der Waals surface area contributed by atoms with Gasteiger partial charge >= 0.3 is 0 Å². The highest BCUT2D eigenvalue weighted by Gasteiger charge is 2.21. The van der Waals surface area contributed by atoms with Gasteiger partial charge in [0.15, 0.2) is 5.76 Å². The number of amides is 2. The second-order valence-electron chi connectivity index (χ2n) is 7.67. The molecule has 0 spiro atoms. The summed E-state index contributed by atoms with van der Waals surface area (Å²) in [6, 6.07) is 15.2. The maximum absolute atomic E-state index is 12.9. The fourth-order valence-electron chi connectivity index (χ4n) is 3.70. The van der Waals surface area contributed by atoms with Gasteiger partial charge in [-0.15, -0.1) is 0 Å². The smallest absolute Gasteiger partial charge is 0.290 e. The molecule has 0 atom stereocenters. The van der Waals surface area contributed by atoms with E-state index >= 15 is 0 Å². The molecule has 162 valence electrons. The second kappa shape index (κ2) is 9.22. The van der Waals surface area contributed by atoms with Crippen molar-refractivity contribution in [1.29, 1.82) is 0 Å². The Morgan fingerprint density at radius 1 is 1.06 bits per heavy atom. The highest BCUT2D eigenvalue weighted by Crippen LogP contribution is 2.22. The van der Waals surface area contributed by atoms with Crippen molar-refractivity contribution in [3.05, 3.63) is 59.9 Å². The fourth-order valence-corrected chi connectivity index (χ4v) is 3.70. The summed E-state index contributed by atoms with van der Waals surface area (Å²) < 4.78 is 11.1. The number of anilines is 2. The lowest BCUT2D eigenvalue weighted by atomic mass is 10.2. The van der Waals surface area contributed by atoms with E-state index in [4.69, 9.17) is 9.15 Å². The molecular weight excluding hydrogens is 394 g/mol. The highest BCUT2D eigenvalue weighted by molar-refractivity contribution is 6.00. The van der Waals surface area contributed by atoms with Gasteiger partial charge in [-0.3, -0.25) is 9.59 Å². The minimum atomic E-state index is -0.297. The average molecular weight is 421 g/mol. The Morgan fingerprint density at radius 3 is 2.52 bits per heavy atom. The van der Waals surface area contributed by atoms with E-state index < -0.39 is 0 Å². The number of nitrogens with one attached hydrogen (secondary N) is 1. The van der Waals surface area contributed by atoms with Gasteiger partial charge in [0, 0.05) is 36.4 Å². The number of hydrogen-bond acceptors (Lipinski definition) is 5. The fraction of sp³-hybridized carbons (Fsp3) is 0.333. The van der Waals surface area contributed by atoms with Gasteiger partial charge in [0.2, 0.25) is 5.91 Å². The zero-order valence-corrected chi connectivity index (χ0v) is 17.9. The Kier molecular flexibility index (Phi) is 6.23. The van der Waals surface area contributed by atoms with E-state index in [0.29, 0.717) is 17.8 Å². The Labute approximate surface area is 181 Å². The zero-order chi connectivity index (χ0) is 21.8. The van der Waals surface area contributed by atoms with Crippen LogP contribution in [0.25, 0.3) is 11.0 Å². The first-order chi connectivity index (χ1) is 15.0. The Hall–Kier alpha value is -3.32. The Balaban J connectivity index is 1.38. The van der Waals surface area contributed by atoms with Crippen LogP contribution in [-0.2, 0) is 9.53 Å². The van der Waals surface area contributed by atoms with Crippen LogP contribution in [0.4, 0.5) is 11.4 Å². The lowest BCUT2D eigenvalue weighted by Crippen LogP contribution is -2.37. The molecule has 1 saturated heterocycles. The van der Waals surface area contributed by atoms with Gasteiger partial charge in [0.25, 0.3) is 5.91 Å². The van der Waals surface area contributed by atoms with Crippen LogP contribution in [0, 0.1) is 6.92 Å². The number of likely N-dealkylation sites (N-methyl/N-ethyl adjacent to an activating group) is 1. The number of ether oxygens (including phenoxy) is 1. The molecule has 2 amide bonds. The molecule has 2 heterocycles. The predicted octanol–water partition coefficient (Wildman–Crippen LogP) is 3.68. The molecular formula is C24H27N3O4. The van der Waals surface area contributed by atoms with Crippen LogP contribution >= 0.6 is 0 Å². The van der Waals surface area contributed by atoms with Crippen molar-refractivity contribution < 1.29 is 18.7 Å². The first-order valence-corrected chi connectivity index (χ1v) is 10.6. The van der Waals surface area contributed by atoms with Crippen LogP contribution in [0.2, 0.25) is 0 Å². The Morgan fingerprint density at radius 2 is 1.81 bits per heavy atom. The van der Waals surface area contributed by atoms with Crippen LogP contribution in [0.15, 0.2) is 52.9 Å². The molecule has 7 nitrogen and oxygen atoms in total. The summed E-state index contributed by atoms with van der Waals surface area (Å²) in [5.41, 5.74) is 3.56. The summed E-state index contributed by atoms with van der Waals surface area (Å²) in [6.07, 6.45) is 0. The second-order valence-corrected chi connectivity index (χ2v) is 7.67. The van der Waals surface area contributed by atoms with Crippen molar-refractivity contribution in [2.24, 2.45) is 0 Å². The van der Waals surface area contributed by atoms with Crippen molar-refractivity contribution in [2.45, 2.75) is 13.8 Å². The lowest BCUT2D eigenvalue weighted by Gasteiger charge is -2.29. The largest absolute Gasteiger partial charge is 0.451 e. The summed E-state index contributed by atoms with van der Waals surface area (Å²) in [7, 11) is 0. The summed E-state index contributed by atoms with van der Waals surface area (Å²) in [4.78, 5) is 29.2. The molecule has 1 aliphatic heterocycles. The Bertz CT molecular complexity index is 1070. The SMILES string of the molecule is CCN(CC(=O)Nc1ccc(N2CCOCC2)cc1)C(=O)c1cc2cc(C)ccc2o1. The van der Waals surface area contributed by atoms with E-state index in [0.717, 1.165) is 42.9 Å².